The van der Waals surface area contributed by atoms with Crippen LogP contribution in [-0.4, -0.2) is 43.5 Å². The van der Waals surface area contributed by atoms with Crippen LogP contribution in [0, 0.1) is 0 Å². The molecule has 7 heteroatoms. The number of hydrogen-bond donors (Lipinski definition) is 3. The van der Waals surface area contributed by atoms with Gasteiger partial charge in [0.15, 0.2) is 0 Å². The summed E-state index contributed by atoms with van der Waals surface area (Å²) in [6.45, 7) is 2.59. The van der Waals surface area contributed by atoms with Crippen LogP contribution in [0.1, 0.15) is 13.8 Å². The first-order valence-corrected chi connectivity index (χ1v) is 4.69. The van der Waals surface area contributed by atoms with Gasteiger partial charge in [-0.05, 0) is 13.8 Å². The number of nitrogens with two attached hydrogens (primary N) is 1. The van der Waals surface area contributed by atoms with Crippen molar-refractivity contribution in [1.29, 1.82) is 0 Å². The molecule has 0 rings (SSSR count). The highest BCUT2D eigenvalue weighted by atomic mass is 16.5. The summed E-state index contributed by atoms with van der Waals surface area (Å²) >= 11 is 0. The van der Waals surface area contributed by atoms with Gasteiger partial charge >= 0.3 is 5.97 Å². The molecular formula is C9H17N3O4. The second-order valence-electron chi connectivity index (χ2n) is 3.65. The molecule has 16 heavy (non-hydrogen) atoms. The quantitative estimate of drug-likeness (QED) is 0.480. The Kier molecular flexibility index (Phi) is 5.44. The maximum atomic E-state index is 11.3. The lowest BCUT2D eigenvalue weighted by Crippen LogP contribution is -2.53. The van der Waals surface area contributed by atoms with Crippen molar-refractivity contribution in [2.75, 3.05) is 20.2 Å². The molecule has 92 valence electrons. The van der Waals surface area contributed by atoms with Gasteiger partial charge in [0.1, 0.15) is 5.54 Å². The van der Waals surface area contributed by atoms with Gasteiger partial charge in [0, 0.05) is 0 Å². The van der Waals surface area contributed by atoms with Crippen molar-refractivity contribution < 1.29 is 19.1 Å². The molecule has 0 unspecified atom stereocenters. The van der Waals surface area contributed by atoms with E-state index in [0.29, 0.717) is 0 Å². The summed E-state index contributed by atoms with van der Waals surface area (Å²) in [5.41, 5.74) is 3.91. The Labute approximate surface area is 93.7 Å². The van der Waals surface area contributed by atoms with Crippen molar-refractivity contribution in [3.63, 3.8) is 0 Å². The third-order valence-electron chi connectivity index (χ3n) is 1.78. The van der Waals surface area contributed by atoms with Crippen molar-refractivity contribution in [1.82, 2.24) is 10.6 Å². The summed E-state index contributed by atoms with van der Waals surface area (Å²) in [5, 5.41) is 4.70. The van der Waals surface area contributed by atoms with Crippen LogP contribution in [0.5, 0.6) is 0 Å². The molecule has 0 aliphatic rings. The molecule has 0 spiro atoms. The molecular weight excluding hydrogens is 214 g/mol. The lowest BCUT2D eigenvalue weighted by atomic mass is 10.1. The Morgan fingerprint density at radius 1 is 1.25 bits per heavy atom. The van der Waals surface area contributed by atoms with E-state index in [0.717, 1.165) is 0 Å². The third-order valence-corrected chi connectivity index (χ3v) is 1.78. The molecule has 0 bridgehead atoms. The van der Waals surface area contributed by atoms with Crippen LogP contribution in [0.25, 0.3) is 0 Å². The Hall–Kier alpha value is -1.63. The van der Waals surface area contributed by atoms with E-state index >= 15 is 0 Å². The van der Waals surface area contributed by atoms with E-state index in [4.69, 9.17) is 5.73 Å². The molecule has 0 radical (unpaired) electrons. The lowest BCUT2D eigenvalue weighted by Gasteiger charge is -2.23. The largest absolute Gasteiger partial charge is 0.467 e. The first-order chi connectivity index (χ1) is 7.33. The molecule has 0 fully saturated rings. The maximum absolute atomic E-state index is 11.3. The van der Waals surface area contributed by atoms with E-state index in [1.165, 1.54) is 21.0 Å². The number of ether oxygens (including phenoxy) is 1. The Morgan fingerprint density at radius 2 is 1.81 bits per heavy atom. The van der Waals surface area contributed by atoms with Gasteiger partial charge in [-0.2, -0.15) is 0 Å². The van der Waals surface area contributed by atoms with Gasteiger partial charge in [-0.25, -0.2) is 4.79 Å². The van der Waals surface area contributed by atoms with Gasteiger partial charge in [-0.1, -0.05) is 0 Å². The Bertz CT molecular complexity index is 288. The SMILES string of the molecule is COC(=O)C(C)(C)NC(=O)CNC(=O)CN. The predicted molar refractivity (Wildman–Crippen MR) is 56.3 cm³/mol. The third kappa shape index (κ3) is 4.74. The van der Waals surface area contributed by atoms with Gasteiger partial charge in [-0.15, -0.1) is 0 Å². The normalized spacial score (nSPS) is 10.5. The number of esters is 1. The molecule has 0 aromatic carbocycles. The lowest BCUT2D eigenvalue weighted by molar-refractivity contribution is -0.149. The maximum Gasteiger partial charge on any atom is 0.330 e. The van der Waals surface area contributed by atoms with E-state index < -0.39 is 23.3 Å². The van der Waals surface area contributed by atoms with Crippen molar-refractivity contribution in [2.24, 2.45) is 5.73 Å². The van der Waals surface area contributed by atoms with Gasteiger partial charge in [0.05, 0.1) is 20.2 Å². The fraction of sp³-hybridized carbons (Fsp3) is 0.667. The second kappa shape index (κ2) is 6.06. The van der Waals surface area contributed by atoms with Crippen molar-refractivity contribution in [2.45, 2.75) is 19.4 Å². The minimum Gasteiger partial charge on any atom is -0.467 e. The number of carbonyl (C=O) groups is 3. The van der Waals surface area contributed by atoms with E-state index in [2.05, 4.69) is 15.4 Å². The fourth-order valence-electron chi connectivity index (χ4n) is 0.950. The summed E-state index contributed by atoms with van der Waals surface area (Å²) in [6, 6.07) is 0. The molecule has 0 atom stereocenters. The van der Waals surface area contributed by atoms with Crippen LogP contribution >= 0.6 is 0 Å². The number of carbonyl (C=O) groups excluding carboxylic acids is 3. The molecule has 0 heterocycles. The first-order valence-electron chi connectivity index (χ1n) is 4.69. The summed E-state index contributed by atoms with van der Waals surface area (Å²) in [4.78, 5) is 33.3. The zero-order valence-corrected chi connectivity index (χ0v) is 9.62. The molecule has 7 nitrogen and oxygen atoms in total. The average molecular weight is 231 g/mol. The molecule has 4 N–H and O–H groups in total. The summed E-state index contributed by atoms with van der Waals surface area (Å²) in [7, 11) is 1.23. The van der Waals surface area contributed by atoms with Crippen LogP contribution in [0.2, 0.25) is 0 Å². The van der Waals surface area contributed by atoms with E-state index in [-0.39, 0.29) is 13.1 Å². The van der Waals surface area contributed by atoms with E-state index in [9.17, 15) is 14.4 Å². The zero-order valence-electron chi connectivity index (χ0n) is 9.62. The molecule has 0 aliphatic heterocycles. The molecule has 0 aromatic rings. The van der Waals surface area contributed by atoms with Gasteiger partial charge in [0.25, 0.3) is 0 Å². The molecule has 0 aliphatic carbocycles. The number of hydrogen-bond acceptors (Lipinski definition) is 5. The standard InChI is InChI=1S/C9H17N3O4/c1-9(2,8(15)16-3)12-7(14)5-11-6(13)4-10/h4-5,10H2,1-3H3,(H,11,13)(H,12,14). The van der Waals surface area contributed by atoms with Gasteiger partial charge < -0.3 is 21.1 Å². The number of amides is 2. The van der Waals surface area contributed by atoms with Crippen molar-refractivity contribution in [3.8, 4) is 0 Å². The number of nitrogens with one attached hydrogen (secondary N) is 2. The van der Waals surface area contributed by atoms with Crippen molar-refractivity contribution in [3.05, 3.63) is 0 Å². The van der Waals surface area contributed by atoms with Crippen molar-refractivity contribution >= 4 is 17.8 Å². The minimum absolute atomic E-state index is 0.187. The molecule has 0 aromatic heterocycles. The molecule has 2 amide bonds. The smallest absolute Gasteiger partial charge is 0.330 e. The summed E-state index contributed by atoms with van der Waals surface area (Å²) in [5.74, 6) is -1.49. The van der Waals surface area contributed by atoms with Gasteiger partial charge in [-0.3, -0.25) is 9.59 Å². The average Bonchev–Trinajstić information content (AvgIpc) is 2.23. The monoisotopic (exact) mass is 231 g/mol. The van der Waals surface area contributed by atoms with Gasteiger partial charge in [0.2, 0.25) is 11.8 Å². The zero-order chi connectivity index (χ0) is 12.8. The first kappa shape index (κ1) is 14.4. The second-order valence-corrected chi connectivity index (χ2v) is 3.65. The van der Waals surface area contributed by atoms with E-state index in [1.807, 2.05) is 0 Å². The minimum atomic E-state index is -1.13. The molecule has 0 saturated carbocycles. The predicted octanol–water partition coefficient (Wildman–Crippen LogP) is -1.87. The summed E-state index contributed by atoms with van der Waals surface area (Å²) in [6.07, 6.45) is 0. The number of rotatable bonds is 5. The highest BCUT2D eigenvalue weighted by molar-refractivity contribution is 5.90. The highest BCUT2D eigenvalue weighted by Gasteiger charge is 2.30. The Balaban J connectivity index is 4.14. The van der Waals surface area contributed by atoms with Crippen LogP contribution < -0.4 is 16.4 Å². The Morgan fingerprint density at radius 3 is 2.25 bits per heavy atom. The van der Waals surface area contributed by atoms with Crippen LogP contribution in [0.4, 0.5) is 0 Å². The van der Waals surface area contributed by atoms with Crippen LogP contribution in [0.3, 0.4) is 0 Å². The number of methoxy groups -OCH3 is 1. The van der Waals surface area contributed by atoms with Crippen LogP contribution in [-0.2, 0) is 19.1 Å². The van der Waals surface area contributed by atoms with Crippen LogP contribution in [0.15, 0.2) is 0 Å². The summed E-state index contributed by atoms with van der Waals surface area (Å²) < 4.78 is 4.50. The van der Waals surface area contributed by atoms with E-state index in [1.54, 1.807) is 0 Å². The molecule has 0 saturated heterocycles. The fourth-order valence-corrected chi connectivity index (χ4v) is 0.950. The topological polar surface area (TPSA) is 111 Å². The highest BCUT2D eigenvalue weighted by Crippen LogP contribution is 2.03.